The third-order valence-electron chi connectivity index (χ3n) is 3.25. The summed E-state index contributed by atoms with van der Waals surface area (Å²) < 4.78 is 10.9. The van der Waals surface area contributed by atoms with Crippen LogP contribution in [0.2, 0.25) is 0 Å². The van der Waals surface area contributed by atoms with E-state index in [0.29, 0.717) is 19.0 Å². The number of hydrogen-bond acceptors (Lipinski definition) is 4. The van der Waals surface area contributed by atoms with Crippen LogP contribution in [-0.2, 0) is 0 Å². The Kier molecular flexibility index (Phi) is 2.09. The van der Waals surface area contributed by atoms with Crippen LogP contribution in [0.4, 0.5) is 0 Å². The summed E-state index contributed by atoms with van der Waals surface area (Å²) in [4.78, 5) is 0. The van der Waals surface area contributed by atoms with Crippen LogP contribution in [0.15, 0.2) is 18.2 Å². The zero-order valence-corrected chi connectivity index (χ0v) is 8.98. The Hall–Kier alpha value is -1.26. The Morgan fingerprint density at radius 3 is 2.56 bits per heavy atom. The number of fused-ring (bicyclic) bond motifs is 1. The van der Waals surface area contributed by atoms with Crippen LogP contribution in [0, 0.1) is 0 Å². The molecule has 0 saturated heterocycles. The number of nitrogens with two attached hydrogens (primary N) is 1. The van der Waals surface area contributed by atoms with Crippen molar-refractivity contribution in [2.24, 2.45) is 5.73 Å². The van der Waals surface area contributed by atoms with Crippen molar-refractivity contribution in [3.8, 4) is 11.5 Å². The maximum atomic E-state index is 10.1. The minimum atomic E-state index is -0.608. The molecular formula is C12H15NO3. The van der Waals surface area contributed by atoms with E-state index in [-0.39, 0.29) is 0 Å². The lowest BCUT2D eigenvalue weighted by Gasteiger charge is -2.22. The number of benzene rings is 1. The molecule has 1 heterocycles. The topological polar surface area (TPSA) is 64.7 Å². The summed E-state index contributed by atoms with van der Waals surface area (Å²) in [6, 6.07) is 5.51. The maximum absolute atomic E-state index is 10.1. The van der Waals surface area contributed by atoms with E-state index < -0.39 is 11.6 Å². The van der Waals surface area contributed by atoms with Crippen molar-refractivity contribution >= 4 is 0 Å². The first kappa shape index (κ1) is 9.93. The van der Waals surface area contributed by atoms with E-state index >= 15 is 0 Å². The fourth-order valence-corrected chi connectivity index (χ4v) is 1.98. The molecule has 3 rings (SSSR count). The van der Waals surface area contributed by atoms with Crippen molar-refractivity contribution < 1.29 is 14.6 Å². The molecule has 1 aromatic rings. The fraction of sp³-hybridized carbons (Fsp3) is 0.500. The average Bonchev–Trinajstić information content (AvgIpc) is 3.07. The number of rotatable bonds is 2. The van der Waals surface area contributed by atoms with E-state index in [0.717, 1.165) is 24.2 Å². The lowest BCUT2D eigenvalue weighted by molar-refractivity contribution is 0.133. The molecule has 3 N–H and O–H groups in total. The normalized spacial score (nSPS) is 22.6. The van der Waals surface area contributed by atoms with Crippen LogP contribution in [-0.4, -0.2) is 23.9 Å². The predicted octanol–water partition coefficient (Wildman–Crippen LogP) is 0.983. The van der Waals surface area contributed by atoms with Crippen molar-refractivity contribution in [3.63, 3.8) is 0 Å². The quantitative estimate of drug-likeness (QED) is 0.781. The molecule has 1 unspecified atom stereocenters. The first-order valence-electron chi connectivity index (χ1n) is 5.55. The average molecular weight is 221 g/mol. The molecule has 0 amide bonds. The van der Waals surface area contributed by atoms with Crippen LogP contribution in [0.5, 0.6) is 11.5 Å². The molecule has 1 saturated carbocycles. The summed E-state index contributed by atoms with van der Waals surface area (Å²) in [5.74, 6) is 1.44. The molecule has 0 aromatic heterocycles. The van der Waals surface area contributed by atoms with Gasteiger partial charge >= 0.3 is 0 Å². The zero-order valence-electron chi connectivity index (χ0n) is 8.98. The number of hydrogen-bond donors (Lipinski definition) is 2. The predicted molar refractivity (Wildman–Crippen MR) is 58.5 cm³/mol. The second kappa shape index (κ2) is 3.37. The smallest absolute Gasteiger partial charge is 0.161 e. The largest absolute Gasteiger partial charge is 0.486 e. The Morgan fingerprint density at radius 1 is 1.19 bits per heavy atom. The van der Waals surface area contributed by atoms with Crippen LogP contribution in [0.1, 0.15) is 24.5 Å². The van der Waals surface area contributed by atoms with Gasteiger partial charge in [0.2, 0.25) is 0 Å². The SMILES string of the molecule is NC1(C(O)c2ccc3c(c2)OCCO3)CC1. The fourth-order valence-electron chi connectivity index (χ4n) is 1.98. The van der Waals surface area contributed by atoms with Crippen molar-refractivity contribution in [1.82, 2.24) is 0 Å². The molecule has 1 aliphatic heterocycles. The van der Waals surface area contributed by atoms with Crippen molar-refractivity contribution in [2.45, 2.75) is 24.5 Å². The number of aliphatic hydroxyl groups is 1. The van der Waals surface area contributed by atoms with E-state index in [1.54, 1.807) is 0 Å². The molecule has 0 bridgehead atoms. The van der Waals surface area contributed by atoms with E-state index in [4.69, 9.17) is 15.2 Å². The summed E-state index contributed by atoms with van der Waals surface area (Å²) in [5.41, 5.74) is 6.36. The monoisotopic (exact) mass is 221 g/mol. The molecular weight excluding hydrogens is 206 g/mol. The highest BCUT2D eigenvalue weighted by atomic mass is 16.6. The minimum Gasteiger partial charge on any atom is -0.486 e. The van der Waals surface area contributed by atoms with Gasteiger partial charge in [-0.3, -0.25) is 0 Å². The minimum absolute atomic E-state index is 0.427. The molecule has 0 radical (unpaired) electrons. The van der Waals surface area contributed by atoms with Gasteiger partial charge in [-0.05, 0) is 30.5 Å². The summed E-state index contributed by atoms with van der Waals surface area (Å²) in [6.45, 7) is 1.13. The summed E-state index contributed by atoms with van der Waals surface area (Å²) in [5, 5.41) is 10.1. The molecule has 16 heavy (non-hydrogen) atoms. The number of ether oxygens (including phenoxy) is 2. The second-order valence-corrected chi connectivity index (χ2v) is 4.54. The summed E-state index contributed by atoms with van der Waals surface area (Å²) in [6.07, 6.45) is 1.15. The third-order valence-corrected chi connectivity index (χ3v) is 3.25. The Balaban J connectivity index is 1.90. The van der Waals surface area contributed by atoms with Gasteiger partial charge < -0.3 is 20.3 Å². The molecule has 86 valence electrons. The zero-order chi connectivity index (χ0) is 11.2. The molecule has 1 fully saturated rings. The molecule has 0 spiro atoms. The van der Waals surface area contributed by atoms with Crippen LogP contribution in [0.3, 0.4) is 0 Å². The van der Waals surface area contributed by atoms with Gasteiger partial charge in [-0.2, -0.15) is 0 Å². The summed E-state index contributed by atoms with van der Waals surface area (Å²) in [7, 11) is 0. The summed E-state index contributed by atoms with van der Waals surface area (Å²) >= 11 is 0. The Labute approximate surface area is 94.0 Å². The Morgan fingerprint density at radius 2 is 1.88 bits per heavy atom. The molecule has 4 nitrogen and oxygen atoms in total. The first-order valence-corrected chi connectivity index (χ1v) is 5.55. The van der Waals surface area contributed by atoms with Gasteiger partial charge in [0.05, 0.1) is 6.10 Å². The van der Waals surface area contributed by atoms with E-state index in [1.165, 1.54) is 0 Å². The van der Waals surface area contributed by atoms with Crippen molar-refractivity contribution in [3.05, 3.63) is 23.8 Å². The molecule has 1 atom stereocenters. The maximum Gasteiger partial charge on any atom is 0.161 e. The van der Waals surface area contributed by atoms with Crippen LogP contribution >= 0.6 is 0 Å². The van der Waals surface area contributed by atoms with E-state index in [1.807, 2.05) is 18.2 Å². The van der Waals surface area contributed by atoms with Gasteiger partial charge in [-0.1, -0.05) is 6.07 Å². The third kappa shape index (κ3) is 1.54. The van der Waals surface area contributed by atoms with Crippen LogP contribution in [0.25, 0.3) is 0 Å². The Bertz CT molecular complexity index is 415. The van der Waals surface area contributed by atoms with E-state index in [9.17, 15) is 5.11 Å². The van der Waals surface area contributed by atoms with Crippen molar-refractivity contribution in [1.29, 1.82) is 0 Å². The van der Waals surface area contributed by atoms with Gasteiger partial charge in [-0.15, -0.1) is 0 Å². The first-order chi connectivity index (χ1) is 7.69. The number of aliphatic hydroxyl groups excluding tert-OH is 1. The van der Waals surface area contributed by atoms with E-state index in [2.05, 4.69) is 0 Å². The molecule has 4 heteroatoms. The highest BCUT2D eigenvalue weighted by Gasteiger charge is 2.46. The highest BCUT2D eigenvalue weighted by molar-refractivity contribution is 5.45. The van der Waals surface area contributed by atoms with Crippen molar-refractivity contribution in [2.75, 3.05) is 13.2 Å². The lowest BCUT2D eigenvalue weighted by Crippen LogP contribution is -2.30. The molecule has 1 aliphatic carbocycles. The molecule has 2 aliphatic rings. The lowest BCUT2D eigenvalue weighted by atomic mass is 10.0. The highest BCUT2D eigenvalue weighted by Crippen LogP contribution is 2.45. The van der Waals surface area contributed by atoms with Gasteiger partial charge in [0.1, 0.15) is 13.2 Å². The van der Waals surface area contributed by atoms with Crippen LogP contribution < -0.4 is 15.2 Å². The van der Waals surface area contributed by atoms with Gasteiger partial charge in [0.15, 0.2) is 11.5 Å². The van der Waals surface area contributed by atoms with Gasteiger partial charge in [0.25, 0.3) is 0 Å². The second-order valence-electron chi connectivity index (χ2n) is 4.54. The molecule has 1 aromatic carbocycles. The van der Waals surface area contributed by atoms with Gasteiger partial charge in [-0.25, -0.2) is 0 Å². The van der Waals surface area contributed by atoms with Gasteiger partial charge in [0, 0.05) is 5.54 Å². The standard InChI is InChI=1S/C12H15NO3/c13-12(3-4-12)11(14)8-1-2-9-10(7-8)16-6-5-15-9/h1-2,7,11,14H,3-6,13H2.